The molecule has 1 saturated heterocycles. The molecule has 3 rings (SSSR count). The van der Waals surface area contributed by atoms with Crippen molar-refractivity contribution in [2.75, 3.05) is 40.9 Å². The normalized spacial score (nSPS) is 26.1. The maximum atomic E-state index is 13.0. The molecule has 2 aliphatic rings. The molecular formula is C23H31N3O5. The minimum atomic E-state index is -0.225. The fourth-order valence-electron chi connectivity index (χ4n) is 4.16. The van der Waals surface area contributed by atoms with Crippen LogP contribution in [0.15, 0.2) is 18.2 Å². The molecule has 2 bridgehead atoms. The molecule has 0 radical (unpaired) electrons. The first-order valence-corrected chi connectivity index (χ1v) is 10.8. The molecule has 2 heterocycles. The van der Waals surface area contributed by atoms with Gasteiger partial charge in [0.05, 0.1) is 29.9 Å². The van der Waals surface area contributed by atoms with E-state index >= 15 is 0 Å². The van der Waals surface area contributed by atoms with E-state index in [1.54, 1.807) is 49.2 Å². The average molecular weight is 430 g/mol. The number of methoxy groups -OCH3 is 1. The number of likely N-dealkylation sites (N-methyl/N-ethyl adjacent to an activating group) is 1. The zero-order valence-corrected chi connectivity index (χ0v) is 18.5. The average Bonchev–Trinajstić information content (AvgIpc) is 2.78. The first-order valence-electron chi connectivity index (χ1n) is 10.8. The zero-order valence-electron chi connectivity index (χ0n) is 18.5. The van der Waals surface area contributed by atoms with Gasteiger partial charge in [0.25, 0.3) is 5.91 Å². The Morgan fingerprint density at radius 1 is 1.16 bits per heavy atom. The fraction of sp³-hybridized carbons (Fsp3) is 0.609. The standard InChI is InChI=1S/C23H31N3O5/c1-25-12-5-8-21(27)26(2)15-20-19(29-3)10-9-17(31-20)11-13-30-22-16(14-24)6-4-7-18(22)23(25)28/h4,6-7,17,19-20H,5,8-13,15H2,1-3H3/t17-,19-,20-/m0/s1. The van der Waals surface area contributed by atoms with E-state index in [1.165, 1.54) is 0 Å². The van der Waals surface area contributed by atoms with Gasteiger partial charge in [-0.15, -0.1) is 0 Å². The zero-order chi connectivity index (χ0) is 22.4. The molecule has 0 aromatic heterocycles. The fourth-order valence-corrected chi connectivity index (χ4v) is 4.16. The molecule has 2 aliphatic heterocycles. The number of carbonyl (C=O) groups is 2. The van der Waals surface area contributed by atoms with E-state index in [0.29, 0.717) is 55.8 Å². The molecule has 0 N–H and O–H groups in total. The number of ether oxygens (including phenoxy) is 3. The molecule has 1 fully saturated rings. The number of nitrogens with zero attached hydrogens (tertiary/aromatic N) is 3. The van der Waals surface area contributed by atoms with Gasteiger partial charge in [0.2, 0.25) is 5.91 Å². The molecule has 0 aliphatic carbocycles. The van der Waals surface area contributed by atoms with Gasteiger partial charge in [-0.05, 0) is 31.4 Å². The number of rotatable bonds is 1. The van der Waals surface area contributed by atoms with Crippen molar-refractivity contribution in [3.8, 4) is 11.8 Å². The second kappa shape index (κ2) is 10.6. The van der Waals surface area contributed by atoms with E-state index in [-0.39, 0.29) is 30.1 Å². The smallest absolute Gasteiger partial charge is 0.257 e. The summed E-state index contributed by atoms with van der Waals surface area (Å²) in [6.45, 7) is 1.22. The summed E-state index contributed by atoms with van der Waals surface area (Å²) in [6.07, 6.45) is 2.88. The van der Waals surface area contributed by atoms with Gasteiger partial charge in [0.1, 0.15) is 17.9 Å². The Hall–Kier alpha value is -2.63. The lowest BCUT2D eigenvalue weighted by molar-refractivity contribution is -0.150. The molecule has 0 spiro atoms. The van der Waals surface area contributed by atoms with E-state index in [1.807, 2.05) is 0 Å². The van der Waals surface area contributed by atoms with Crippen molar-refractivity contribution in [2.45, 2.75) is 50.4 Å². The summed E-state index contributed by atoms with van der Waals surface area (Å²) in [4.78, 5) is 28.9. The predicted octanol–water partition coefficient (Wildman–Crippen LogP) is 2.21. The lowest BCUT2D eigenvalue weighted by Gasteiger charge is -2.37. The van der Waals surface area contributed by atoms with Gasteiger partial charge in [-0.1, -0.05) is 6.07 Å². The van der Waals surface area contributed by atoms with Crippen LogP contribution in [-0.2, 0) is 14.3 Å². The van der Waals surface area contributed by atoms with E-state index in [4.69, 9.17) is 14.2 Å². The maximum absolute atomic E-state index is 13.0. The minimum Gasteiger partial charge on any atom is -0.491 e. The third kappa shape index (κ3) is 5.54. The molecule has 0 unspecified atom stereocenters. The van der Waals surface area contributed by atoms with E-state index in [9.17, 15) is 14.9 Å². The van der Waals surface area contributed by atoms with Gasteiger partial charge >= 0.3 is 0 Å². The minimum absolute atomic E-state index is 0.0176. The molecule has 2 amide bonds. The van der Waals surface area contributed by atoms with Crippen molar-refractivity contribution in [3.63, 3.8) is 0 Å². The maximum Gasteiger partial charge on any atom is 0.257 e. The van der Waals surface area contributed by atoms with Gasteiger partial charge in [0.15, 0.2) is 0 Å². The van der Waals surface area contributed by atoms with Crippen LogP contribution in [-0.4, -0.2) is 80.8 Å². The summed E-state index contributed by atoms with van der Waals surface area (Å²) < 4.78 is 17.8. The summed E-state index contributed by atoms with van der Waals surface area (Å²) >= 11 is 0. The number of hydrogen-bond acceptors (Lipinski definition) is 6. The molecule has 1 aromatic carbocycles. The van der Waals surface area contributed by atoms with Crippen LogP contribution in [0.4, 0.5) is 0 Å². The van der Waals surface area contributed by atoms with Gasteiger partial charge in [-0.25, -0.2) is 0 Å². The number of para-hydroxylation sites is 1. The van der Waals surface area contributed by atoms with Crippen LogP contribution in [0.5, 0.6) is 5.75 Å². The molecule has 0 saturated carbocycles. The molecule has 168 valence electrons. The van der Waals surface area contributed by atoms with Gasteiger partial charge in [-0.2, -0.15) is 5.26 Å². The lowest BCUT2D eigenvalue weighted by atomic mass is 9.98. The highest BCUT2D eigenvalue weighted by Gasteiger charge is 2.33. The Bertz CT molecular complexity index is 837. The Labute approximate surface area is 183 Å². The number of amides is 2. The number of fused-ring (bicyclic) bond motifs is 3. The third-order valence-corrected chi connectivity index (χ3v) is 6.02. The number of carbonyl (C=O) groups excluding carboxylic acids is 2. The van der Waals surface area contributed by atoms with E-state index < -0.39 is 0 Å². The van der Waals surface area contributed by atoms with E-state index in [0.717, 1.165) is 12.8 Å². The Morgan fingerprint density at radius 2 is 1.97 bits per heavy atom. The van der Waals surface area contributed by atoms with Crippen LogP contribution < -0.4 is 4.74 Å². The molecule has 3 atom stereocenters. The second-order valence-electron chi connectivity index (χ2n) is 8.18. The Morgan fingerprint density at radius 3 is 2.71 bits per heavy atom. The van der Waals surface area contributed by atoms with Crippen LogP contribution >= 0.6 is 0 Å². The van der Waals surface area contributed by atoms with Crippen LogP contribution in [0.3, 0.4) is 0 Å². The van der Waals surface area contributed by atoms with Crippen LogP contribution in [0.1, 0.15) is 48.0 Å². The highest BCUT2D eigenvalue weighted by molar-refractivity contribution is 5.97. The van der Waals surface area contributed by atoms with Crippen molar-refractivity contribution in [1.29, 1.82) is 5.26 Å². The highest BCUT2D eigenvalue weighted by Crippen LogP contribution is 2.28. The van der Waals surface area contributed by atoms with Crippen molar-refractivity contribution in [2.24, 2.45) is 0 Å². The van der Waals surface area contributed by atoms with E-state index in [2.05, 4.69) is 6.07 Å². The lowest BCUT2D eigenvalue weighted by Crippen LogP contribution is -2.47. The third-order valence-electron chi connectivity index (χ3n) is 6.02. The highest BCUT2D eigenvalue weighted by atomic mass is 16.5. The molecule has 1 aromatic rings. The first-order chi connectivity index (χ1) is 14.9. The molecule has 8 nitrogen and oxygen atoms in total. The van der Waals surface area contributed by atoms with Crippen molar-refractivity contribution < 1.29 is 23.8 Å². The summed E-state index contributed by atoms with van der Waals surface area (Å²) in [7, 11) is 5.15. The van der Waals surface area contributed by atoms with Gasteiger partial charge in [-0.3, -0.25) is 9.59 Å². The first kappa shape index (κ1) is 23.0. The summed E-state index contributed by atoms with van der Waals surface area (Å²) in [6, 6.07) is 7.12. The largest absolute Gasteiger partial charge is 0.491 e. The Kier molecular flexibility index (Phi) is 7.88. The summed E-state index contributed by atoms with van der Waals surface area (Å²) in [5.74, 6) is 0.104. The van der Waals surface area contributed by atoms with Gasteiger partial charge < -0.3 is 24.0 Å². The predicted molar refractivity (Wildman–Crippen MR) is 114 cm³/mol. The quantitative estimate of drug-likeness (QED) is 0.680. The molecular weight excluding hydrogens is 398 g/mol. The number of hydrogen-bond donors (Lipinski definition) is 0. The van der Waals surface area contributed by atoms with Gasteiger partial charge in [0, 0.05) is 47.1 Å². The molecule has 31 heavy (non-hydrogen) atoms. The number of benzene rings is 1. The SMILES string of the molecule is CO[C@H]1CC[C@H]2CCOc3c(C#N)cccc3C(=O)N(C)CCCC(=O)N(C)C[C@@H]1O2. The Balaban J connectivity index is 1.85. The second-order valence-corrected chi connectivity index (χ2v) is 8.18. The number of nitriles is 1. The van der Waals surface area contributed by atoms with Crippen molar-refractivity contribution in [3.05, 3.63) is 29.3 Å². The van der Waals surface area contributed by atoms with Crippen LogP contribution in [0.25, 0.3) is 0 Å². The molecule has 8 heteroatoms. The van der Waals surface area contributed by atoms with Crippen LogP contribution in [0.2, 0.25) is 0 Å². The topological polar surface area (TPSA) is 92.1 Å². The summed E-state index contributed by atoms with van der Waals surface area (Å²) in [5, 5.41) is 9.50. The van der Waals surface area contributed by atoms with Crippen molar-refractivity contribution in [1.82, 2.24) is 9.80 Å². The van der Waals surface area contributed by atoms with Crippen molar-refractivity contribution >= 4 is 11.8 Å². The summed E-state index contributed by atoms with van der Waals surface area (Å²) in [5.41, 5.74) is 0.693. The van der Waals surface area contributed by atoms with Crippen LogP contribution in [0, 0.1) is 11.3 Å². The monoisotopic (exact) mass is 429 g/mol.